The number of methoxy groups -OCH3 is 1. The van der Waals surface area contributed by atoms with E-state index in [1.165, 1.54) is 19.2 Å². The SMILES string of the molecule is COc1ccc(C(=O)[O-])cc1F. The maximum atomic E-state index is 12.8. The molecule has 0 saturated heterocycles. The van der Waals surface area contributed by atoms with Crippen LogP contribution in [0.5, 0.6) is 5.75 Å². The maximum Gasteiger partial charge on any atom is 0.165 e. The molecule has 0 aliphatic carbocycles. The first-order valence-electron chi connectivity index (χ1n) is 3.20. The number of carboxylic acids is 1. The Hall–Kier alpha value is -1.58. The number of carbonyl (C=O) groups excluding carboxylic acids is 1. The molecule has 0 amide bonds. The molecule has 0 bridgehead atoms. The van der Waals surface area contributed by atoms with E-state index in [2.05, 4.69) is 4.74 Å². The van der Waals surface area contributed by atoms with Crippen LogP contribution in [0.15, 0.2) is 18.2 Å². The summed E-state index contributed by atoms with van der Waals surface area (Å²) < 4.78 is 17.4. The molecule has 0 unspecified atom stereocenters. The van der Waals surface area contributed by atoms with Gasteiger partial charge in [0.05, 0.1) is 13.1 Å². The summed E-state index contributed by atoms with van der Waals surface area (Å²) in [5, 5.41) is 10.2. The Morgan fingerprint density at radius 1 is 1.58 bits per heavy atom. The molecule has 64 valence electrons. The van der Waals surface area contributed by atoms with Crippen LogP contribution in [0.2, 0.25) is 0 Å². The topological polar surface area (TPSA) is 49.4 Å². The second-order valence-corrected chi connectivity index (χ2v) is 2.14. The highest BCUT2D eigenvalue weighted by Gasteiger charge is 2.02. The average molecular weight is 169 g/mol. The number of carbonyl (C=O) groups is 1. The molecule has 12 heavy (non-hydrogen) atoms. The Morgan fingerprint density at radius 2 is 2.25 bits per heavy atom. The fraction of sp³-hybridized carbons (Fsp3) is 0.125. The van der Waals surface area contributed by atoms with E-state index >= 15 is 0 Å². The number of hydrogen-bond donors (Lipinski definition) is 0. The number of halogens is 1. The minimum absolute atomic E-state index is 0.0139. The molecule has 0 heterocycles. The highest BCUT2D eigenvalue weighted by atomic mass is 19.1. The van der Waals surface area contributed by atoms with Gasteiger partial charge in [-0.25, -0.2) is 4.39 Å². The fourth-order valence-electron chi connectivity index (χ4n) is 0.793. The highest BCUT2D eigenvalue weighted by molar-refractivity contribution is 5.85. The minimum atomic E-state index is -1.41. The van der Waals surface area contributed by atoms with Crippen molar-refractivity contribution >= 4 is 5.97 Å². The standard InChI is InChI=1S/C8H7FO3/c1-12-7-3-2-5(8(10)11)4-6(7)9/h2-4H,1H3,(H,10,11)/p-1. The van der Waals surface area contributed by atoms with Gasteiger partial charge in [0, 0.05) is 5.56 Å². The number of benzene rings is 1. The third kappa shape index (κ3) is 1.53. The lowest BCUT2D eigenvalue weighted by molar-refractivity contribution is -0.255. The van der Waals surface area contributed by atoms with Gasteiger partial charge in [-0.2, -0.15) is 0 Å². The van der Waals surface area contributed by atoms with E-state index in [-0.39, 0.29) is 11.3 Å². The molecule has 0 fully saturated rings. The van der Waals surface area contributed by atoms with E-state index < -0.39 is 11.8 Å². The van der Waals surface area contributed by atoms with E-state index in [0.717, 1.165) is 6.07 Å². The molecule has 1 rings (SSSR count). The summed E-state index contributed by atoms with van der Waals surface area (Å²) in [5.41, 5.74) is -0.201. The molecule has 4 heteroatoms. The Balaban J connectivity index is 3.10. The molecule has 1 aromatic rings. The summed E-state index contributed by atoms with van der Waals surface area (Å²) in [4.78, 5) is 10.2. The largest absolute Gasteiger partial charge is 0.545 e. The minimum Gasteiger partial charge on any atom is -0.545 e. The lowest BCUT2D eigenvalue weighted by Crippen LogP contribution is -2.22. The molecule has 0 aliphatic rings. The molecular formula is C8H6FO3-. The lowest BCUT2D eigenvalue weighted by atomic mass is 10.2. The van der Waals surface area contributed by atoms with Gasteiger partial charge in [-0.1, -0.05) is 0 Å². The van der Waals surface area contributed by atoms with E-state index in [4.69, 9.17) is 0 Å². The molecule has 3 nitrogen and oxygen atoms in total. The number of carboxylic acid groups (broad SMARTS) is 1. The Morgan fingerprint density at radius 3 is 2.67 bits per heavy atom. The van der Waals surface area contributed by atoms with Crippen molar-refractivity contribution in [1.29, 1.82) is 0 Å². The number of hydrogen-bond acceptors (Lipinski definition) is 3. The summed E-state index contributed by atoms with van der Waals surface area (Å²) in [6.45, 7) is 0. The fourth-order valence-corrected chi connectivity index (χ4v) is 0.793. The van der Waals surface area contributed by atoms with Crippen molar-refractivity contribution in [2.45, 2.75) is 0 Å². The summed E-state index contributed by atoms with van der Waals surface area (Å²) >= 11 is 0. The van der Waals surface area contributed by atoms with Gasteiger partial charge in [0.15, 0.2) is 11.6 Å². The van der Waals surface area contributed by atoms with Crippen LogP contribution in [-0.4, -0.2) is 13.1 Å². The Labute approximate surface area is 68.4 Å². The molecule has 0 radical (unpaired) electrons. The van der Waals surface area contributed by atoms with Gasteiger partial charge < -0.3 is 14.6 Å². The van der Waals surface area contributed by atoms with Crippen molar-refractivity contribution in [1.82, 2.24) is 0 Å². The first-order valence-corrected chi connectivity index (χ1v) is 3.20. The third-order valence-corrected chi connectivity index (χ3v) is 1.39. The summed E-state index contributed by atoms with van der Waals surface area (Å²) in [5.74, 6) is -2.10. The third-order valence-electron chi connectivity index (χ3n) is 1.39. The van der Waals surface area contributed by atoms with Gasteiger partial charge in [0.25, 0.3) is 0 Å². The zero-order valence-corrected chi connectivity index (χ0v) is 6.33. The molecule has 0 aromatic heterocycles. The van der Waals surface area contributed by atoms with Crippen LogP contribution in [-0.2, 0) is 0 Å². The molecule has 0 saturated carbocycles. The lowest BCUT2D eigenvalue weighted by Gasteiger charge is -2.04. The second kappa shape index (κ2) is 3.21. The van der Waals surface area contributed by atoms with Crippen LogP contribution >= 0.6 is 0 Å². The van der Waals surface area contributed by atoms with E-state index in [9.17, 15) is 14.3 Å². The molecule has 0 aliphatic heterocycles. The van der Waals surface area contributed by atoms with Crippen LogP contribution < -0.4 is 9.84 Å². The smallest absolute Gasteiger partial charge is 0.165 e. The van der Waals surface area contributed by atoms with Gasteiger partial charge in [-0.3, -0.25) is 0 Å². The van der Waals surface area contributed by atoms with Gasteiger partial charge in [0.2, 0.25) is 0 Å². The summed E-state index contributed by atoms with van der Waals surface area (Å²) in [7, 11) is 1.30. The van der Waals surface area contributed by atoms with Gasteiger partial charge >= 0.3 is 0 Å². The van der Waals surface area contributed by atoms with Crippen LogP contribution in [0.25, 0.3) is 0 Å². The average Bonchev–Trinajstić information content (AvgIpc) is 2.04. The molecular weight excluding hydrogens is 163 g/mol. The normalized spacial score (nSPS) is 9.50. The predicted octanol–water partition coefficient (Wildman–Crippen LogP) is 0.198. The van der Waals surface area contributed by atoms with E-state index in [0.29, 0.717) is 0 Å². The molecule has 1 aromatic carbocycles. The van der Waals surface area contributed by atoms with Gasteiger partial charge in [-0.05, 0) is 18.2 Å². The molecule has 0 N–H and O–H groups in total. The number of ether oxygens (including phenoxy) is 1. The van der Waals surface area contributed by atoms with Gasteiger partial charge in [0.1, 0.15) is 0 Å². The quantitative estimate of drug-likeness (QED) is 0.635. The predicted molar refractivity (Wildman–Crippen MR) is 37.3 cm³/mol. The Kier molecular flexibility index (Phi) is 2.28. The maximum absolute atomic E-state index is 12.8. The molecule has 0 spiro atoms. The van der Waals surface area contributed by atoms with Crippen LogP contribution in [0.3, 0.4) is 0 Å². The van der Waals surface area contributed by atoms with Crippen LogP contribution in [0.1, 0.15) is 10.4 Å². The van der Waals surface area contributed by atoms with Crippen molar-refractivity contribution in [3.8, 4) is 5.75 Å². The van der Waals surface area contributed by atoms with E-state index in [1.54, 1.807) is 0 Å². The van der Waals surface area contributed by atoms with Gasteiger partial charge in [-0.15, -0.1) is 0 Å². The summed E-state index contributed by atoms with van der Waals surface area (Å²) in [6, 6.07) is 3.31. The molecule has 0 atom stereocenters. The first kappa shape index (κ1) is 8.52. The second-order valence-electron chi connectivity index (χ2n) is 2.14. The van der Waals surface area contributed by atoms with Crippen molar-refractivity contribution in [3.63, 3.8) is 0 Å². The first-order chi connectivity index (χ1) is 5.65. The summed E-state index contributed by atoms with van der Waals surface area (Å²) in [6.07, 6.45) is 0. The highest BCUT2D eigenvalue weighted by Crippen LogP contribution is 2.16. The van der Waals surface area contributed by atoms with Crippen LogP contribution in [0.4, 0.5) is 4.39 Å². The zero-order valence-electron chi connectivity index (χ0n) is 6.33. The van der Waals surface area contributed by atoms with Crippen molar-refractivity contribution < 1.29 is 19.0 Å². The van der Waals surface area contributed by atoms with Crippen LogP contribution in [0, 0.1) is 5.82 Å². The number of rotatable bonds is 2. The monoisotopic (exact) mass is 169 g/mol. The van der Waals surface area contributed by atoms with Crippen molar-refractivity contribution in [3.05, 3.63) is 29.6 Å². The zero-order chi connectivity index (χ0) is 9.14. The van der Waals surface area contributed by atoms with Crippen molar-refractivity contribution in [2.24, 2.45) is 0 Å². The van der Waals surface area contributed by atoms with E-state index in [1.807, 2.05) is 0 Å². The number of aromatic carboxylic acids is 1. The van der Waals surface area contributed by atoms with Crippen molar-refractivity contribution in [2.75, 3.05) is 7.11 Å². The Bertz CT molecular complexity index is 309.